The van der Waals surface area contributed by atoms with Gasteiger partial charge in [0.2, 0.25) is 10.0 Å². The molecular formula is C13H24N2O2S3. The molecule has 0 aromatic carbocycles. The molecule has 0 amide bonds. The monoisotopic (exact) mass is 336 g/mol. The molecule has 0 fully saturated rings. The van der Waals surface area contributed by atoms with Gasteiger partial charge in [-0.1, -0.05) is 13.8 Å². The van der Waals surface area contributed by atoms with Gasteiger partial charge in [0, 0.05) is 18.0 Å². The largest absolute Gasteiger partial charge is 0.312 e. The highest BCUT2D eigenvalue weighted by atomic mass is 32.2. The Morgan fingerprint density at radius 1 is 1.45 bits per heavy atom. The van der Waals surface area contributed by atoms with E-state index < -0.39 is 10.0 Å². The maximum atomic E-state index is 12.5. The van der Waals surface area contributed by atoms with Gasteiger partial charge in [-0.15, -0.1) is 11.3 Å². The Morgan fingerprint density at radius 3 is 2.75 bits per heavy atom. The van der Waals surface area contributed by atoms with E-state index in [9.17, 15) is 8.42 Å². The van der Waals surface area contributed by atoms with Gasteiger partial charge in [-0.3, -0.25) is 0 Å². The standard InChI is InChI=1S/C13H24N2O2S3/c1-5-14-7-12-13(11(3)9-19-12)20(16,17)15-6-10(2)8-18-4/h9-10,14-15H,5-8H2,1-4H3. The lowest BCUT2D eigenvalue weighted by Crippen LogP contribution is -2.30. The van der Waals surface area contributed by atoms with Crippen LogP contribution >= 0.6 is 23.1 Å². The minimum absolute atomic E-state index is 0.330. The second-order valence-electron chi connectivity index (χ2n) is 4.86. The normalized spacial score (nSPS) is 13.6. The average Bonchev–Trinajstić information content (AvgIpc) is 2.76. The van der Waals surface area contributed by atoms with Crippen molar-refractivity contribution in [3.8, 4) is 0 Å². The molecule has 0 bridgehead atoms. The molecule has 0 aliphatic carbocycles. The number of thioether (sulfide) groups is 1. The lowest BCUT2D eigenvalue weighted by atomic mass is 10.2. The zero-order valence-electron chi connectivity index (χ0n) is 12.5. The van der Waals surface area contributed by atoms with Gasteiger partial charge >= 0.3 is 0 Å². The molecule has 1 aromatic rings. The summed E-state index contributed by atoms with van der Waals surface area (Å²) in [7, 11) is -3.41. The molecule has 7 heteroatoms. The topological polar surface area (TPSA) is 58.2 Å². The van der Waals surface area contributed by atoms with E-state index in [0.717, 1.165) is 22.7 Å². The molecule has 0 aliphatic rings. The third-order valence-electron chi connectivity index (χ3n) is 2.87. The number of hydrogen-bond donors (Lipinski definition) is 2. The van der Waals surface area contributed by atoms with E-state index in [1.54, 1.807) is 11.8 Å². The summed E-state index contributed by atoms with van der Waals surface area (Å²) in [5, 5.41) is 5.10. The lowest BCUT2D eigenvalue weighted by molar-refractivity contribution is 0.561. The van der Waals surface area contributed by atoms with E-state index in [1.165, 1.54) is 11.3 Å². The number of sulfonamides is 1. The first-order chi connectivity index (χ1) is 9.42. The number of aryl methyl sites for hydroxylation is 1. The first-order valence-electron chi connectivity index (χ1n) is 6.68. The van der Waals surface area contributed by atoms with Crippen LogP contribution in [0.3, 0.4) is 0 Å². The van der Waals surface area contributed by atoms with Crippen molar-refractivity contribution in [3.63, 3.8) is 0 Å². The maximum absolute atomic E-state index is 12.5. The van der Waals surface area contributed by atoms with Crippen LogP contribution in [0.25, 0.3) is 0 Å². The Kier molecular flexibility index (Phi) is 7.53. The Labute approximate surface area is 130 Å². The van der Waals surface area contributed by atoms with Crippen LogP contribution in [0.15, 0.2) is 10.3 Å². The number of thiophene rings is 1. The van der Waals surface area contributed by atoms with Crippen LogP contribution < -0.4 is 10.0 Å². The second-order valence-corrected chi connectivity index (χ2v) is 8.44. The summed E-state index contributed by atoms with van der Waals surface area (Å²) in [5.41, 5.74) is 0.827. The Balaban J connectivity index is 2.83. The number of hydrogen-bond acceptors (Lipinski definition) is 5. The van der Waals surface area contributed by atoms with E-state index in [2.05, 4.69) is 17.0 Å². The summed E-state index contributed by atoms with van der Waals surface area (Å²) >= 11 is 3.23. The minimum atomic E-state index is -3.41. The average molecular weight is 337 g/mol. The smallest absolute Gasteiger partial charge is 0.241 e. The molecule has 4 nitrogen and oxygen atoms in total. The summed E-state index contributed by atoms with van der Waals surface area (Å²) in [6.45, 7) is 7.83. The van der Waals surface area contributed by atoms with Gasteiger partial charge in [-0.25, -0.2) is 13.1 Å². The molecule has 20 heavy (non-hydrogen) atoms. The van der Waals surface area contributed by atoms with E-state index in [-0.39, 0.29) is 0 Å². The fourth-order valence-electron chi connectivity index (χ4n) is 1.88. The van der Waals surface area contributed by atoms with Crippen LogP contribution in [-0.4, -0.2) is 33.5 Å². The highest BCUT2D eigenvalue weighted by Gasteiger charge is 2.23. The van der Waals surface area contributed by atoms with Gasteiger partial charge in [0.25, 0.3) is 0 Å². The van der Waals surface area contributed by atoms with Crippen LogP contribution in [0.4, 0.5) is 0 Å². The SMILES string of the molecule is CCNCc1scc(C)c1S(=O)(=O)NCC(C)CSC. The molecule has 0 radical (unpaired) electrons. The molecule has 1 rings (SSSR count). The van der Waals surface area contributed by atoms with Crippen molar-refractivity contribution in [1.82, 2.24) is 10.0 Å². The molecule has 1 atom stereocenters. The van der Waals surface area contributed by atoms with Crippen LogP contribution in [0, 0.1) is 12.8 Å². The minimum Gasteiger partial charge on any atom is -0.312 e. The summed E-state index contributed by atoms with van der Waals surface area (Å²) < 4.78 is 27.7. The van der Waals surface area contributed by atoms with Crippen molar-refractivity contribution in [2.75, 3.05) is 25.1 Å². The lowest BCUT2D eigenvalue weighted by Gasteiger charge is -2.13. The molecular weight excluding hydrogens is 312 g/mol. The molecule has 0 saturated carbocycles. The van der Waals surface area contributed by atoms with E-state index >= 15 is 0 Å². The van der Waals surface area contributed by atoms with Crippen LogP contribution in [0.2, 0.25) is 0 Å². The van der Waals surface area contributed by atoms with Crippen LogP contribution in [-0.2, 0) is 16.6 Å². The zero-order valence-corrected chi connectivity index (χ0v) is 15.0. The fourth-order valence-corrected chi connectivity index (χ4v) is 5.50. The highest BCUT2D eigenvalue weighted by molar-refractivity contribution is 7.98. The number of rotatable bonds is 9. The molecule has 0 spiro atoms. The Morgan fingerprint density at radius 2 is 2.15 bits per heavy atom. The predicted octanol–water partition coefficient (Wildman–Crippen LogP) is 2.44. The van der Waals surface area contributed by atoms with Gasteiger partial charge in [0.15, 0.2) is 0 Å². The summed E-state index contributed by atoms with van der Waals surface area (Å²) in [6, 6.07) is 0. The molecule has 0 saturated heterocycles. The van der Waals surface area contributed by atoms with Crippen molar-refractivity contribution in [2.24, 2.45) is 5.92 Å². The van der Waals surface area contributed by atoms with Gasteiger partial charge in [-0.2, -0.15) is 11.8 Å². The third-order valence-corrected chi connectivity index (χ3v) is 6.66. The molecule has 1 aromatic heterocycles. The predicted molar refractivity (Wildman–Crippen MR) is 89.2 cm³/mol. The van der Waals surface area contributed by atoms with Crippen molar-refractivity contribution >= 4 is 33.1 Å². The van der Waals surface area contributed by atoms with Gasteiger partial charge in [0.05, 0.1) is 0 Å². The zero-order chi connectivity index (χ0) is 15.2. The van der Waals surface area contributed by atoms with Crippen LogP contribution in [0.5, 0.6) is 0 Å². The summed E-state index contributed by atoms with van der Waals surface area (Å²) in [6.07, 6.45) is 2.03. The third kappa shape index (κ3) is 5.04. The van der Waals surface area contributed by atoms with Crippen molar-refractivity contribution < 1.29 is 8.42 Å². The first kappa shape index (κ1) is 18.0. The van der Waals surface area contributed by atoms with E-state index in [1.807, 2.05) is 25.5 Å². The van der Waals surface area contributed by atoms with Gasteiger partial charge < -0.3 is 5.32 Å². The highest BCUT2D eigenvalue weighted by Crippen LogP contribution is 2.26. The van der Waals surface area contributed by atoms with Crippen LogP contribution in [0.1, 0.15) is 24.3 Å². The molecule has 1 heterocycles. The van der Waals surface area contributed by atoms with Crippen molar-refractivity contribution in [2.45, 2.75) is 32.2 Å². The van der Waals surface area contributed by atoms with Gasteiger partial charge in [-0.05, 0) is 42.3 Å². The quantitative estimate of drug-likeness (QED) is 0.727. The van der Waals surface area contributed by atoms with E-state index in [0.29, 0.717) is 23.9 Å². The van der Waals surface area contributed by atoms with E-state index in [4.69, 9.17) is 0 Å². The van der Waals surface area contributed by atoms with Crippen molar-refractivity contribution in [1.29, 1.82) is 0 Å². The Hall–Kier alpha value is -0.0800. The number of nitrogens with one attached hydrogen (secondary N) is 2. The molecule has 1 unspecified atom stereocenters. The molecule has 2 N–H and O–H groups in total. The summed E-state index contributed by atoms with van der Waals surface area (Å²) in [5.74, 6) is 1.28. The molecule has 116 valence electrons. The summed E-state index contributed by atoms with van der Waals surface area (Å²) in [4.78, 5) is 1.34. The van der Waals surface area contributed by atoms with Crippen molar-refractivity contribution in [3.05, 3.63) is 15.8 Å². The van der Waals surface area contributed by atoms with Gasteiger partial charge in [0.1, 0.15) is 4.90 Å². The Bertz CT molecular complexity index is 512. The molecule has 0 aliphatic heterocycles. The maximum Gasteiger partial charge on any atom is 0.241 e. The second kappa shape index (κ2) is 8.38. The fraction of sp³-hybridized carbons (Fsp3) is 0.692. The first-order valence-corrected chi connectivity index (χ1v) is 10.4.